The molecule has 1 atom stereocenters. The number of hydrogen-bond donors (Lipinski definition) is 1. The van der Waals surface area contributed by atoms with E-state index in [-0.39, 0.29) is 0 Å². The van der Waals surface area contributed by atoms with E-state index >= 15 is 0 Å². The molecule has 0 aliphatic carbocycles. The maximum absolute atomic E-state index is 10.2. The van der Waals surface area contributed by atoms with Crippen LogP contribution in [-0.2, 0) is 9.53 Å². The van der Waals surface area contributed by atoms with E-state index in [2.05, 4.69) is 11.3 Å². The topological polar surface area (TPSA) is 55.6 Å². The number of hydrogen-bond acceptors (Lipinski definition) is 4. The molecule has 0 aromatic rings. The van der Waals surface area contributed by atoms with Crippen LogP contribution < -0.4 is 5.73 Å². The molecule has 1 unspecified atom stereocenters. The van der Waals surface area contributed by atoms with Crippen molar-refractivity contribution in [3.63, 3.8) is 0 Å². The highest BCUT2D eigenvalue weighted by molar-refractivity contribution is 5.81. The lowest BCUT2D eigenvalue weighted by molar-refractivity contribution is -0.141. The first-order valence-corrected chi connectivity index (χ1v) is 3.59. The van der Waals surface area contributed by atoms with Crippen LogP contribution in [0, 0.1) is 0 Å². The number of carbonyl (C=O) groups is 1. The van der Waals surface area contributed by atoms with E-state index in [0.29, 0.717) is 0 Å². The van der Waals surface area contributed by atoms with E-state index in [4.69, 9.17) is 5.73 Å². The van der Waals surface area contributed by atoms with E-state index in [1.54, 1.807) is 6.92 Å². The second-order valence-electron chi connectivity index (χ2n) is 2.69. The van der Waals surface area contributed by atoms with E-state index in [1.165, 1.54) is 0 Å². The SMILES string of the molecule is C=CC(=O)OC(C)N.CN(C)C. The van der Waals surface area contributed by atoms with Gasteiger partial charge in [0.2, 0.25) is 0 Å². The molecule has 4 nitrogen and oxygen atoms in total. The Hall–Kier alpha value is -0.870. The lowest BCUT2D eigenvalue weighted by Crippen LogP contribution is -2.21. The number of esters is 1. The van der Waals surface area contributed by atoms with Gasteiger partial charge in [-0.05, 0) is 28.1 Å². The van der Waals surface area contributed by atoms with Gasteiger partial charge in [0.25, 0.3) is 0 Å². The lowest BCUT2D eigenvalue weighted by atomic mass is 10.6. The van der Waals surface area contributed by atoms with Gasteiger partial charge in [-0.3, -0.25) is 5.73 Å². The normalized spacial score (nSPS) is 11.2. The van der Waals surface area contributed by atoms with Gasteiger partial charge in [0.15, 0.2) is 0 Å². The summed E-state index contributed by atoms with van der Waals surface area (Å²) in [6.45, 7) is 4.75. The van der Waals surface area contributed by atoms with Crippen molar-refractivity contribution in [2.75, 3.05) is 21.1 Å². The van der Waals surface area contributed by atoms with Crippen LogP contribution in [0.3, 0.4) is 0 Å². The molecule has 0 spiro atoms. The quantitative estimate of drug-likeness (QED) is 0.369. The Morgan fingerprint density at radius 3 is 2.00 bits per heavy atom. The highest BCUT2D eigenvalue weighted by atomic mass is 16.5. The first kappa shape index (κ1) is 13.7. The van der Waals surface area contributed by atoms with Gasteiger partial charge in [-0.15, -0.1) is 0 Å². The van der Waals surface area contributed by atoms with Gasteiger partial charge in [0.05, 0.1) is 0 Å². The highest BCUT2D eigenvalue weighted by Crippen LogP contribution is 1.81. The molecule has 12 heavy (non-hydrogen) atoms. The second kappa shape index (κ2) is 8.23. The van der Waals surface area contributed by atoms with E-state index in [0.717, 1.165) is 6.08 Å². The summed E-state index contributed by atoms with van der Waals surface area (Å²) >= 11 is 0. The second-order valence-corrected chi connectivity index (χ2v) is 2.69. The van der Waals surface area contributed by atoms with E-state index in [9.17, 15) is 4.79 Å². The molecule has 0 fully saturated rings. The van der Waals surface area contributed by atoms with Crippen molar-refractivity contribution in [3.8, 4) is 0 Å². The van der Waals surface area contributed by atoms with Crippen LogP contribution in [0.15, 0.2) is 12.7 Å². The zero-order chi connectivity index (χ0) is 10.1. The molecule has 0 aromatic carbocycles. The summed E-state index contributed by atoms with van der Waals surface area (Å²) in [4.78, 5) is 12.2. The summed E-state index contributed by atoms with van der Waals surface area (Å²) in [5, 5.41) is 0. The van der Waals surface area contributed by atoms with Crippen LogP contribution in [0.25, 0.3) is 0 Å². The zero-order valence-corrected chi connectivity index (χ0v) is 8.20. The van der Waals surface area contributed by atoms with Crippen LogP contribution in [-0.4, -0.2) is 38.2 Å². The predicted octanol–water partition coefficient (Wildman–Crippen LogP) is 0.198. The number of rotatable bonds is 2. The Morgan fingerprint density at radius 1 is 1.58 bits per heavy atom. The fourth-order valence-corrected chi connectivity index (χ4v) is 0.231. The molecule has 0 saturated heterocycles. The largest absolute Gasteiger partial charge is 0.444 e. The summed E-state index contributed by atoms with van der Waals surface area (Å²) in [6, 6.07) is 0. The van der Waals surface area contributed by atoms with Crippen molar-refractivity contribution >= 4 is 5.97 Å². The Balaban J connectivity index is 0. The molecular weight excluding hydrogens is 156 g/mol. The molecular formula is C8H18N2O2. The van der Waals surface area contributed by atoms with E-state index in [1.807, 2.05) is 26.0 Å². The minimum absolute atomic E-state index is 0.486. The Kier molecular flexibility index (Phi) is 9.40. The first-order valence-electron chi connectivity index (χ1n) is 3.59. The maximum atomic E-state index is 10.2. The Morgan fingerprint density at radius 2 is 1.92 bits per heavy atom. The zero-order valence-electron chi connectivity index (χ0n) is 8.20. The van der Waals surface area contributed by atoms with Crippen molar-refractivity contribution < 1.29 is 9.53 Å². The van der Waals surface area contributed by atoms with Gasteiger partial charge in [0.1, 0.15) is 6.23 Å². The minimum Gasteiger partial charge on any atom is -0.444 e. The molecule has 0 heterocycles. The summed E-state index contributed by atoms with van der Waals surface area (Å²) in [6.07, 6.45) is 0.532. The summed E-state index contributed by atoms with van der Waals surface area (Å²) in [5.74, 6) is -0.486. The first-order chi connectivity index (χ1) is 5.40. The van der Waals surface area contributed by atoms with Crippen molar-refractivity contribution in [1.82, 2.24) is 4.90 Å². The molecule has 0 aliphatic heterocycles. The van der Waals surface area contributed by atoms with Crippen molar-refractivity contribution in [2.24, 2.45) is 5.73 Å². The van der Waals surface area contributed by atoms with Gasteiger partial charge in [-0.2, -0.15) is 0 Å². The molecule has 0 rings (SSSR count). The fourth-order valence-electron chi connectivity index (χ4n) is 0.231. The molecule has 2 N–H and O–H groups in total. The molecule has 0 amide bonds. The van der Waals surface area contributed by atoms with Crippen molar-refractivity contribution in [3.05, 3.63) is 12.7 Å². The Labute approximate surface area is 74.0 Å². The third-order valence-electron chi connectivity index (χ3n) is 0.469. The molecule has 0 saturated carbocycles. The van der Waals surface area contributed by atoms with Crippen LogP contribution in [0.2, 0.25) is 0 Å². The number of nitrogens with zero attached hydrogens (tertiary/aromatic N) is 1. The number of nitrogens with two attached hydrogens (primary N) is 1. The number of carbonyl (C=O) groups excluding carboxylic acids is 1. The third kappa shape index (κ3) is 22.9. The van der Waals surface area contributed by atoms with Crippen molar-refractivity contribution in [2.45, 2.75) is 13.2 Å². The fraction of sp³-hybridized carbons (Fsp3) is 0.625. The summed E-state index contributed by atoms with van der Waals surface area (Å²) in [7, 11) is 6.00. The predicted molar refractivity (Wildman–Crippen MR) is 49.5 cm³/mol. The van der Waals surface area contributed by atoms with Gasteiger partial charge in [-0.1, -0.05) is 6.58 Å². The van der Waals surface area contributed by atoms with Gasteiger partial charge >= 0.3 is 5.97 Å². The molecule has 0 aliphatic rings. The molecule has 0 bridgehead atoms. The van der Waals surface area contributed by atoms with Crippen LogP contribution in [0.4, 0.5) is 0 Å². The monoisotopic (exact) mass is 174 g/mol. The van der Waals surface area contributed by atoms with Crippen LogP contribution >= 0.6 is 0 Å². The lowest BCUT2D eigenvalue weighted by Gasteiger charge is -2.02. The van der Waals surface area contributed by atoms with Crippen LogP contribution in [0.5, 0.6) is 0 Å². The van der Waals surface area contributed by atoms with E-state index < -0.39 is 12.2 Å². The molecule has 0 radical (unpaired) electrons. The minimum atomic E-state index is -0.541. The number of ether oxygens (including phenoxy) is 1. The molecule has 0 aromatic heterocycles. The Bertz CT molecular complexity index is 130. The highest BCUT2D eigenvalue weighted by Gasteiger charge is 1.96. The third-order valence-corrected chi connectivity index (χ3v) is 0.469. The van der Waals surface area contributed by atoms with Crippen molar-refractivity contribution in [1.29, 1.82) is 0 Å². The average molecular weight is 174 g/mol. The van der Waals surface area contributed by atoms with Gasteiger partial charge in [0, 0.05) is 6.08 Å². The molecule has 4 heteroatoms. The standard InChI is InChI=1S/C5H9NO2.C3H9N/c1-3-5(7)8-4(2)6;1-4(2)3/h3-4H,1,6H2,2H3;1-3H3. The smallest absolute Gasteiger partial charge is 0.331 e. The van der Waals surface area contributed by atoms with Gasteiger partial charge in [-0.25, -0.2) is 4.79 Å². The van der Waals surface area contributed by atoms with Crippen LogP contribution in [0.1, 0.15) is 6.92 Å². The molecule has 72 valence electrons. The maximum Gasteiger partial charge on any atom is 0.331 e. The summed E-state index contributed by atoms with van der Waals surface area (Å²) < 4.78 is 4.42. The summed E-state index contributed by atoms with van der Waals surface area (Å²) in [5.41, 5.74) is 5.08. The average Bonchev–Trinajstić information content (AvgIpc) is 1.84. The van der Waals surface area contributed by atoms with Gasteiger partial charge < -0.3 is 9.64 Å².